The summed E-state index contributed by atoms with van der Waals surface area (Å²) in [5, 5.41) is 2.77. The third kappa shape index (κ3) is 6.71. The van der Waals surface area contributed by atoms with Gasteiger partial charge in [-0.2, -0.15) is 0 Å². The zero-order valence-corrected chi connectivity index (χ0v) is 23.2. The van der Waals surface area contributed by atoms with Crippen molar-refractivity contribution in [3.8, 4) is 11.1 Å². The summed E-state index contributed by atoms with van der Waals surface area (Å²) in [5.41, 5.74) is 2.97. The van der Waals surface area contributed by atoms with Crippen LogP contribution in [0.3, 0.4) is 0 Å². The highest BCUT2D eigenvalue weighted by Crippen LogP contribution is 2.29. The van der Waals surface area contributed by atoms with Crippen LogP contribution in [0.2, 0.25) is 0 Å². The maximum absolute atomic E-state index is 12.9. The molecule has 0 aliphatic heterocycles. The number of oxazole rings is 1. The van der Waals surface area contributed by atoms with Gasteiger partial charge in [-0.15, -0.1) is 0 Å². The van der Waals surface area contributed by atoms with Gasteiger partial charge in [-0.3, -0.25) is 13.3 Å². The number of para-hydroxylation sites is 2. The third-order valence-corrected chi connectivity index (χ3v) is 6.54. The van der Waals surface area contributed by atoms with Crippen molar-refractivity contribution in [1.82, 2.24) is 4.98 Å². The Morgan fingerprint density at radius 1 is 0.974 bits per heavy atom. The van der Waals surface area contributed by atoms with Crippen LogP contribution < -0.4 is 9.62 Å². The van der Waals surface area contributed by atoms with E-state index in [9.17, 15) is 18.4 Å². The molecule has 0 saturated carbocycles. The Balaban J connectivity index is 1.50. The Morgan fingerprint density at radius 2 is 1.56 bits per heavy atom. The lowest BCUT2D eigenvalue weighted by Gasteiger charge is -2.36. The van der Waals surface area contributed by atoms with Crippen molar-refractivity contribution in [3.63, 3.8) is 0 Å². The molecule has 1 heterocycles. The van der Waals surface area contributed by atoms with Crippen LogP contribution in [-0.2, 0) is 20.8 Å². The summed E-state index contributed by atoms with van der Waals surface area (Å²) in [4.78, 5) is 29.6. The maximum Gasteiger partial charge on any atom is 0.330 e. The third-order valence-electron chi connectivity index (χ3n) is 5.78. The van der Waals surface area contributed by atoms with Crippen LogP contribution in [0.1, 0.15) is 45.3 Å². The minimum Gasteiger partial charge on any atom is -0.755 e. The summed E-state index contributed by atoms with van der Waals surface area (Å²) in [7, 11) is 0. The number of nitrogens with zero attached hydrogens (tertiary/aromatic N) is 2. The van der Waals surface area contributed by atoms with Crippen LogP contribution in [0.5, 0.6) is 0 Å². The molecule has 0 bridgehead atoms. The van der Waals surface area contributed by atoms with Gasteiger partial charge in [0.25, 0.3) is 5.89 Å². The Morgan fingerprint density at radius 3 is 2.10 bits per heavy atom. The second-order valence-corrected chi connectivity index (χ2v) is 11.2. The Hall–Kier alpha value is -4.02. The number of aromatic nitrogens is 1. The molecule has 0 aliphatic rings. The standard InChI is InChI=1S/C29H31N3O6S/c1-18(2)25(28(34)38-29(3,4)5)32(39(35)36)22-16-12-20(13-17-22)19-10-14-21(15-11-19)30-26(33)27-31-23-8-6-7-9-24(23)37-27/h6-18,25H,1-5H3,(H,30,33)(H,35,36)/p-1. The second kappa shape index (κ2) is 11.4. The summed E-state index contributed by atoms with van der Waals surface area (Å²) >= 11 is -2.71. The van der Waals surface area contributed by atoms with Crippen molar-refractivity contribution in [1.29, 1.82) is 0 Å². The summed E-state index contributed by atoms with van der Waals surface area (Å²) in [6.07, 6.45) is 0. The number of hydrogen-bond donors (Lipinski definition) is 1. The van der Waals surface area contributed by atoms with Gasteiger partial charge in [-0.05, 0) is 74.2 Å². The predicted octanol–water partition coefficient (Wildman–Crippen LogP) is 5.71. The van der Waals surface area contributed by atoms with Crippen LogP contribution in [0, 0.1) is 5.92 Å². The first kappa shape index (κ1) is 28.0. The SMILES string of the molecule is CC(C)C(C(=O)OC(C)(C)C)N(c1ccc(-c2ccc(NC(=O)c3nc4ccccc4o3)cc2)cc1)S(=O)[O-]. The number of benzene rings is 3. The van der Waals surface area contributed by atoms with Gasteiger partial charge in [0, 0.05) is 22.6 Å². The van der Waals surface area contributed by atoms with Crippen molar-refractivity contribution in [2.75, 3.05) is 9.62 Å². The molecule has 2 unspecified atom stereocenters. The highest BCUT2D eigenvalue weighted by molar-refractivity contribution is 7.80. The molecule has 0 saturated heterocycles. The first-order valence-electron chi connectivity index (χ1n) is 12.4. The molecule has 204 valence electrons. The molecule has 2 atom stereocenters. The van der Waals surface area contributed by atoms with E-state index in [1.165, 1.54) is 0 Å². The van der Waals surface area contributed by atoms with E-state index in [0.29, 0.717) is 22.5 Å². The molecule has 4 rings (SSSR count). The highest BCUT2D eigenvalue weighted by Gasteiger charge is 2.34. The lowest BCUT2D eigenvalue weighted by molar-refractivity contribution is -0.157. The van der Waals surface area contributed by atoms with Gasteiger partial charge in [0.1, 0.15) is 17.2 Å². The van der Waals surface area contributed by atoms with Crippen molar-refractivity contribution in [2.24, 2.45) is 5.92 Å². The smallest absolute Gasteiger partial charge is 0.330 e. The van der Waals surface area contributed by atoms with Crippen molar-refractivity contribution in [2.45, 2.75) is 46.3 Å². The molecule has 9 nitrogen and oxygen atoms in total. The molecule has 1 amide bonds. The summed E-state index contributed by atoms with van der Waals surface area (Å²) in [6.45, 7) is 8.76. The largest absolute Gasteiger partial charge is 0.755 e. The normalized spacial score (nSPS) is 13.2. The lowest BCUT2D eigenvalue weighted by Crippen LogP contribution is -2.48. The van der Waals surface area contributed by atoms with E-state index in [1.54, 1.807) is 83.1 Å². The molecular formula is C29H30N3O6S-. The minimum absolute atomic E-state index is 0.0257. The molecule has 0 fully saturated rings. The fraction of sp³-hybridized carbons (Fsp3) is 0.276. The lowest BCUT2D eigenvalue weighted by atomic mass is 10.0. The molecule has 0 spiro atoms. The fourth-order valence-electron chi connectivity index (χ4n) is 4.04. The summed E-state index contributed by atoms with van der Waals surface area (Å²) in [5.74, 6) is -1.42. The Bertz CT molecular complexity index is 1460. The van der Waals surface area contributed by atoms with E-state index in [0.717, 1.165) is 15.4 Å². The second-order valence-electron chi connectivity index (χ2n) is 10.3. The average Bonchev–Trinajstić information content (AvgIpc) is 3.31. The minimum atomic E-state index is -2.71. The zero-order chi connectivity index (χ0) is 28.3. The summed E-state index contributed by atoms with van der Waals surface area (Å²) in [6, 6.07) is 20.1. The van der Waals surface area contributed by atoms with E-state index < -0.39 is 34.8 Å². The van der Waals surface area contributed by atoms with Gasteiger partial charge in [0.05, 0.1) is 0 Å². The van der Waals surface area contributed by atoms with E-state index in [2.05, 4.69) is 10.3 Å². The molecule has 10 heteroatoms. The van der Waals surface area contributed by atoms with Crippen LogP contribution in [0.15, 0.2) is 77.2 Å². The van der Waals surface area contributed by atoms with Gasteiger partial charge in [-0.25, -0.2) is 9.78 Å². The van der Waals surface area contributed by atoms with Crippen LogP contribution >= 0.6 is 0 Å². The Labute approximate surface area is 229 Å². The van der Waals surface area contributed by atoms with Crippen LogP contribution in [0.25, 0.3) is 22.2 Å². The first-order valence-corrected chi connectivity index (χ1v) is 13.4. The summed E-state index contributed by atoms with van der Waals surface area (Å²) < 4.78 is 36.5. The number of carbonyl (C=O) groups excluding carboxylic acids is 2. The van der Waals surface area contributed by atoms with Crippen LogP contribution in [-0.4, -0.2) is 37.3 Å². The number of anilines is 2. The van der Waals surface area contributed by atoms with Gasteiger partial charge >= 0.3 is 11.9 Å². The molecule has 0 aliphatic carbocycles. The van der Waals surface area contributed by atoms with Gasteiger partial charge in [0.2, 0.25) is 0 Å². The number of rotatable bonds is 8. The number of carbonyl (C=O) groups is 2. The average molecular weight is 549 g/mol. The van der Waals surface area contributed by atoms with E-state index in [1.807, 2.05) is 24.3 Å². The first-order chi connectivity index (χ1) is 18.4. The molecule has 1 N–H and O–H groups in total. The number of nitrogens with one attached hydrogen (secondary N) is 1. The number of hydrogen-bond acceptors (Lipinski definition) is 7. The zero-order valence-electron chi connectivity index (χ0n) is 22.3. The number of ether oxygens (including phenoxy) is 1. The predicted molar refractivity (Wildman–Crippen MR) is 150 cm³/mol. The molecule has 39 heavy (non-hydrogen) atoms. The fourth-order valence-corrected chi connectivity index (χ4v) is 4.85. The van der Waals surface area contributed by atoms with Gasteiger partial charge in [0.15, 0.2) is 5.58 Å². The topological polar surface area (TPSA) is 125 Å². The molecule has 1 aromatic heterocycles. The van der Waals surface area contributed by atoms with Crippen molar-refractivity contribution in [3.05, 3.63) is 78.7 Å². The molecule has 3 aromatic carbocycles. The van der Waals surface area contributed by atoms with Crippen molar-refractivity contribution < 1.29 is 27.5 Å². The highest BCUT2D eigenvalue weighted by atomic mass is 32.2. The quantitative estimate of drug-likeness (QED) is 0.221. The Kier molecular flexibility index (Phi) is 8.17. The number of fused-ring (bicyclic) bond motifs is 1. The number of amides is 1. The van der Waals surface area contributed by atoms with E-state index in [4.69, 9.17) is 9.15 Å². The maximum atomic E-state index is 12.9. The molecular weight excluding hydrogens is 518 g/mol. The van der Waals surface area contributed by atoms with Crippen molar-refractivity contribution >= 4 is 45.6 Å². The molecule has 4 aromatic rings. The van der Waals surface area contributed by atoms with Gasteiger partial charge in [-0.1, -0.05) is 50.2 Å². The number of esters is 1. The van der Waals surface area contributed by atoms with Crippen LogP contribution in [0.4, 0.5) is 11.4 Å². The van der Waals surface area contributed by atoms with Gasteiger partial charge < -0.3 is 19.0 Å². The monoisotopic (exact) mass is 548 g/mol. The molecule has 0 radical (unpaired) electrons. The van der Waals surface area contributed by atoms with E-state index in [-0.39, 0.29) is 11.8 Å². The van der Waals surface area contributed by atoms with E-state index >= 15 is 0 Å².